The molecule has 3 N–H and O–H groups in total. The predicted molar refractivity (Wildman–Crippen MR) is 76.2 cm³/mol. The lowest BCUT2D eigenvalue weighted by Crippen LogP contribution is -2.45. The quantitative estimate of drug-likeness (QED) is 0.863. The van der Waals surface area contributed by atoms with Crippen molar-refractivity contribution < 1.29 is 4.79 Å². The number of fused-ring (bicyclic) bond motifs is 1. The van der Waals surface area contributed by atoms with E-state index in [0.29, 0.717) is 11.6 Å². The Labute approximate surface area is 117 Å². The van der Waals surface area contributed by atoms with Crippen molar-refractivity contribution in [3.8, 4) is 0 Å². The summed E-state index contributed by atoms with van der Waals surface area (Å²) in [5.41, 5.74) is 7.68. The molecule has 0 aliphatic carbocycles. The monoisotopic (exact) mass is 279 g/mol. The average molecular weight is 280 g/mol. The topological polar surface area (TPSA) is 58.4 Å². The van der Waals surface area contributed by atoms with Crippen LogP contribution in [0.5, 0.6) is 0 Å². The summed E-state index contributed by atoms with van der Waals surface area (Å²) in [4.78, 5) is 14.1. The summed E-state index contributed by atoms with van der Waals surface area (Å²) < 4.78 is 0. The minimum atomic E-state index is 0.127. The van der Waals surface area contributed by atoms with Crippen LogP contribution in [0.2, 0.25) is 5.02 Å². The van der Waals surface area contributed by atoms with Crippen LogP contribution in [-0.2, 0) is 11.3 Å². The third kappa shape index (κ3) is 2.19. The van der Waals surface area contributed by atoms with Gasteiger partial charge in [0.1, 0.15) is 0 Å². The van der Waals surface area contributed by atoms with E-state index in [1.54, 1.807) is 0 Å². The van der Waals surface area contributed by atoms with E-state index >= 15 is 0 Å². The van der Waals surface area contributed by atoms with Crippen molar-refractivity contribution in [3.05, 3.63) is 28.8 Å². The number of benzene rings is 1. The number of hydrogen-bond donors (Lipinski definition) is 2. The standard InChI is InChI=1S/C14H18ClN3O/c15-12-6-10(4-3-9(12)7-16)18-5-1-2-11-13(18)8-17-14(11)19/h3-4,6,11,13H,1-2,5,7-8,16H2,(H,17,19). The molecule has 0 spiro atoms. The van der Waals surface area contributed by atoms with E-state index in [4.69, 9.17) is 17.3 Å². The number of piperidine rings is 1. The Morgan fingerprint density at radius 2 is 2.32 bits per heavy atom. The van der Waals surface area contributed by atoms with Gasteiger partial charge in [-0.05, 0) is 30.5 Å². The van der Waals surface area contributed by atoms with Crippen molar-refractivity contribution >= 4 is 23.2 Å². The highest BCUT2D eigenvalue weighted by atomic mass is 35.5. The summed E-state index contributed by atoms with van der Waals surface area (Å²) >= 11 is 6.23. The first-order valence-corrected chi connectivity index (χ1v) is 7.11. The van der Waals surface area contributed by atoms with Gasteiger partial charge in [-0.3, -0.25) is 4.79 Å². The molecule has 0 radical (unpaired) electrons. The number of hydrogen-bond acceptors (Lipinski definition) is 3. The van der Waals surface area contributed by atoms with Crippen molar-refractivity contribution in [1.82, 2.24) is 5.32 Å². The van der Waals surface area contributed by atoms with Crippen molar-refractivity contribution in [1.29, 1.82) is 0 Å². The molecular formula is C14H18ClN3O. The first-order chi connectivity index (χ1) is 9.20. The first-order valence-electron chi connectivity index (χ1n) is 6.73. The van der Waals surface area contributed by atoms with Crippen LogP contribution in [0.3, 0.4) is 0 Å². The van der Waals surface area contributed by atoms with Crippen molar-refractivity contribution in [2.45, 2.75) is 25.4 Å². The Morgan fingerprint density at radius 3 is 3.05 bits per heavy atom. The van der Waals surface area contributed by atoms with Gasteiger partial charge in [0.25, 0.3) is 0 Å². The number of anilines is 1. The molecule has 1 amide bonds. The zero-order valence-electron chi connectivity index (χ0n) is 10.7. The Morgan fingerprint density at radius 1 is 1.47 bits per heavy atom. The molecule has 0 saturated carbocycles. The van der Waals surface area contributed by atoms with Gasteiger partial charge in [0.05, 0.1) is 12.0 Å². The molecule has 1 aromatic rings. The van der Waals surface area contributed by atoms with E-state index in [2.05, 4.69) is 16.3 Å². The van der Waals surface area contributed by atoms with Gasteiger partial charge in [-0.25, -0.2) is 0 Å². The summed E-state index contributed by atoms with van der Waals surface area (Å²) in [6.07, 6.45) is 2.03. The molecule has 19 heavy (non-hydrogen) atoms. The van der Waals surface area contributed by atoms with E-state index in [1.807, 2.05) is 12.1 Å². The minimum Gasteiger partial charge on any atom is -0.366 e. The molecule has 4 nitrogen and oxygen atoms in total. The van der Waals surface area contributed by atoms with Crippen LogP contribution in [0, 0.1) is 5.92 Å². The SMILES string of the molecule is NCc1ccc(N2CCCC3C(=O)NCC32)cc1Cl. The lowest BCUT2D eigenvalue weighted by Gasteiger charge is -2.37. The fourth-order valence-electron chi connectivity index (χ4n) is 3.15. The Hall–Kier alpha value is -1.26. The fourth-order valence-corrected chi connectivity index (χ4v) is 3.40. The second-order valence-electron chi connectivity index (χ2n) is 5.23. The molecule has 2 aliphatic rings. The van der Waals surface area contributed by atoms with Gasteiger partial charge in [0.2, 0.25) is 5.91 Å². The van der Waals surface area contributed by atoms with Crippen molar-refractivity contribution in [2.75, 3.05) is 18.0 Å². The number of nitrogens with zero attached hydrogens (tertiary/aromatic N) is 1. The molecule has 0 aromatic heterocycles. The fraction of sp³-hybridized carbons (Fsp3) is 0.500. The largest absolute Gasteiger partial charge is 0.366 e. The number of carbonyl (C=O) groups is 1. The third-order valence-electron chi connectivity index (χ3n) is 4.19. The summed E-state index contributed by atoms with van der Waals surface area (Å²) in [5, 5.41) is 3.67. The van der Waals surface area contributed by atoms with Crippen molar-refractivity contribution in [2.24, 2.45) is 11.7 Å². The lowest BCUT2D eigenvalue weighted by atomic mass is 9.91. The van der Waals surface area contributed by atoms with Crippen LogP contribution in [0.1, 0.15) is 18.4 Å². The second-order valence-corrected chi connectivity index (χ2v) is 5.64. The van der Waals surface area contributed by atoms with Gasteiger partial charge < -0.3 is 16.0 Å². The van der Waals surface area contributed by atoms with E-state index in [0.717, 1.165) is 37.2 Å². The molecule has 2 fully saturated rings. The van der Waals surface area contributed by atoms with Gasteiger partial charge in [-0.2, -0.15) is 0 Å². The minimum absolute atomic E-state index is 0.127. The maximum Gasteiger partial charge on any atom is 0.225 e. The second kappa shape index (κ2) is 5.02. The smallest absolute Gasteiger partial charge is 0.225 e. The lowest BCUT2D eigenvalue weighted by molar-refractivity contribution is -0.122. The Balaban J connectivity index is 1.89. The average Bonchev–Trinajstić information content (AvgIpc) is 2.80. The van der Waals surface area contributed by atoms with Gasteiger partial charge in [-0.15, -0.1) is 0 Å². The normalized spacial score (nSPS) is 26.2. The number of nitrogens with two attached hydrogens (primary N) is 1. The summed E-state index contributed by atoms with van der Waals surface area (Å²) in [7, 11) is 0. The molecule has 0 bridgehead atoms. The maximum atomic E-state index is 11.8. The Bertz CT molecular complexity index is 505. The van der Waals surface area contributed by atoms with Gasteiger partial charge in [0.15, 0.2) is 0 Å². The number of amides is 1. The van der Waals surface area contributed by atoms with Crippen LogP contribution in [0.25, 0.3) is 0 Å². The van der Waals surface area contributed by atoms with Crippen LogP contribution >= 0.6 is 11.6 Å². The van der Waals surface area contributed by atoms with Gasteiger partial charge in [0, 0.05) is 30.3 Å². The number of carbonyl (C=O) groups excluding carboxylic acids is 1. The van der Waals surface area contributed by atoms with Gasteiger partial charge >= 0.3 is 0 Å². The number of rotatable bonds is 2. The first kappa shape index (κ1) is 12.8. The van der Waals surface area contributed by atoms with Crippen LogP contribution in [-0.4, -0.2) is 25.0 Å². The number of halogens is 1. The molecule has 3 rings (SSSR count). The van der Waals surface area contributed by atoms with Crippen LogP contribution < -0.4 is 16.0 Å². The predicted octanol–water partition coefficient (Wildman–Crippen LogP) is 1.51. The van der Waals surface area contributed by atoms with E-state index < -0.39 is 0 Å². The Kier molecular flexibility index (Phi) is 3.37. The van der Waals surface area contributed by atoms with Crippen molar-refractivity contribution in [3.63, 3.8) is 0 Å². The third-order valence-corrected chi connectivity index (χ3v) is 4.54. The highest BCUT2D eigenvalue weighted by Crippen LogP contribution is 2.33. The molecule has 102 valence electrons. The molecule has 2 aliphatic heterocycles. The molecular weight excluding hydrogens is 262 g/mol. The van der Waals surface area contributed by atoms with Crippen LogP contribution in [0.4, 0.5) is 5.69 Å². The zero-order chi connectivity index (χ0) is 13.4. The van der Waals surface area contributed by atoms with Crippen LogP contribution in [0.15, 0.2) is 18.2 Å². The summed E-state index contributed by atoms with van der Waals surface area (Å²) in [6, 6.07) is 6.26. The molecule has 2 heterocycles. The molecule has 5 heteroatoms. The zero-order valence-corrected chi connectivity index (χ0v) is 11.5. The molecule has 1 aromatic carbocycles. The molecule has 2 unspecified atom stereocenters. The summed E-state index contributed by atoms with van der Waals surface area (Å²) in [5.74, 6) is 0.320. The van der Waals surface area contributed by atoms with E-state index in [9.17, 15) is 4.79 Å². The highest BCUT2D eigenvalue weighted by Gasteiger charge is 2.40. The van der Waals surface area contributed by atoms with Gasteiger partial charge in [-0.1, -0.05) is 17.7 Å². The maximum absolute atomic E-state index is 11.8. The summed E-state index contributed by atoms with van der Waals surface area (Å²) in [6.45, 7) is 2.17. The highest BCUT2D eigenvalue weighted by molar-refractivity contribution is 6.31. The number of nitrogens with one attached hydrogen (secondary N) is 1. The van der Waals surface area contributed by atoms with E-state index in [1.165, 1.54) is 0 Å². The van der Waals surface area contributed by atoms with E-state index in [-0.39, 0.29) is 17.9 Å². The molecule has 2 saturated heterocycles. The molecule has 2 atom stereocenters.